The first-order valence-corrected chi connectivity index (χ1v) is 8.83. The van der Waals surface area contributed by atoms with Gasteiger partial charge < -0.3 is 15.2 Å². The van der Waals surface area contributed by atoms with Gasteiger partial charge in [0.05, 0.1) is 30.2 Å². The molecule has 2 rings (SSSR count). The number of hydrogen-bond acceptors (Lipinski definition) is 7. The van der Waals surface area contributed by atoms with E-state index in [2.05, 4.69) is 9.47 Å². The van der Waals surface area contributed by atoms with E-state index in [1.807, 2.05) is 0 Å². The molecule has 0 radical (unpaired) electrons. The summed E-state index contributed by atoms with van der Waals surface area (Å²) in [6.07, 6.45) is 1.34. The van der Waals surface area contributed by atoms with Crippen molar-refractivity contribution in [2.45, 2.75) is 23.8 Å². The molecule has 132 valence electrons. The maximum atomic E-state index is 13.0. The third-order valence-corrected chi connectivity index (χ3v) is 5.98. The smallest absolute Gasteiger partial charge is 0.339 e. The highest BCUT2D eigenvalue weighted by atomic mass is 32.2. The molecule has 2 N–H and O–H groups in total. The highest BCUT2D eigenvalue weighted by Crippen LogP contribution is 2.29. The fourth-order valence-corrected chi connectivity index (χ4v) is 4.66. The van der Waals surface area contributed by atoms with E-state index in [0.29, 0.717) is 19.4 Å². The average Bonchev–Trinajstić information content (AvgIpc) is 3.09. The number of esters is 2. The molecule has 1 aromatic rings. The number of sulfonamides is 1. The van der Waals surface area contributed by atoms with Crippen LogP contribution in [-0.2, 0) is 19.5 Å². The number of ether oxygens (including phenoxy) is 2. The highest BCUT2D eigenvalue weighted by Gasteiger charge is 2.37. The van der Waals surface area contributed by atoms with E-state index in [-0.39, 0.29) is 28.6 Å². The summed E-state index contributed by atoms with van der Waals surface area (Å²) in [7, 11) is -1.66. The Hall–Kier alpha value is -1.97. The van der Waals surface area contributed by atoms with E-state index < -0.39 is 22.0 Å². The molecule has 0 saturated carbocycles. The van der Waals surface area contributed by atoms with Gasteiger partial charge in [-0.15, -0.1) is 0 Å². The van der Waals surface area contributed by atoms with Crippen LogP contribution >= 0.6 is 0 Å². The third-order valence-electron chi connectivity index (χ3n) is 3.99. The molecular weight excluding hydrogens is 336 g/mol. The lowest BCUT2D eigenvalue weighted by Crippen LogP contribution is -2.40. The van der Waals surface area contributed by atoms with Crippen LogP contribution in [0.4, 0.5) is 0 Å². The first kappa shape index (κ1) is 18.4. The van der Waals surface area contributed by atoms with Gasteiger partial charge in [0.1, 0.15) is 0 Å². The summed E-state index contributed by atoms with van der Waals surface area (Å²) in [5, 5.41) is 0. The number of benzene rings is 1. The molecule has 1 unspecified atom stereocenters. The zero-order valence-corrected chi connectivity index (χ0v) is 14.3. The molecule has 0 aromatic heterocycles. The van der Waals surface area contributed by atoms with Crippen molar-refractivity contribution in [3.63, 3.8) is 0 Å². The van der Waals surface area contributed by atoms with Gasteiger partial charge in [0.2, 0.25) is 10.0 Å². The summed E-state index contributed by atoms with van der Waals surface area (Å²) in [4.78, 5) is 23.4. The van der Waals surface area contributed by atoms with Gasteiger partial charge in [-0.25, -0.2) is 18.0 Å². The summed E-state index contributed by atoms with van der Waals surface area (Å²) in [6.45, 7) is 0.497. The molecule has 1 aliphatic rings. The zero-order valence-electron chi connectivity index (χ0n) is 13.5. The number of carbonyl (C=O) groups is 2. The molecule has 9 heteroatoms. The molecule has 1 aliphatic heterocycles. The second kappa shape index (κ2) is 7.29. The van der Waals surface area contributed by atoms with Gasteiger partial charge in [0.15, 0.2) is 0 Å². The Bertz CT molecular complexity index is 746. The number of rotatable bonds is 5. The van der Waals surface area contributed by atoms with Crippen LogP contribution in [0, 0.1) is 0 Å². The molecule has 0 spiro atoms. The topological polar surface area (TPSA) is 116 Å². The maximum Gasteiger partial charge on any atom is 0.339 e. The predicted molar refractivity (Wildman–Crippen MR) is 85.1 cm³/mol. The van der Waals surface area contributed by atoms with E-state index in [0.717, 1.165) is 13.2 Å². The monoisotopic (exact) mass is 356 g/mol. The number of nitrogens with two attached hydrogens (primary N) is 1. The SMILES string of the molecule is COC(=O)c1ccc(C(=O)OC)c(S(=O)(=O)N2CCCC2CN)c1. The van der Waals surface area contributed by atoms with Crippen LogP contribution in [0.2, 0.25) is 0 Å². The van der Waals surface area contributed by atoms with Crippen molar-refractivity contribution >= 4 is 22.0 Å². The fourth-order valence-electron chi connectivity index (χ4n) is 2.75. The molecule has 1 saturated heterocycles. The zero-order chi connectivity index (χ0) is 17.9. The predicted octanol–water partition coefficient (Wildman–Crippen LogP) is 0.372. The minimum atomic E-state index is -4.01. The van der Waals surface area contributed by atoms with Gasteiger partial charge in [0, 0.05) is 19.1 Å². The van der Waals surface area contributed by atoms with Crippen LogP contribution < -0.4 is 5.73 Å². The summed E-state index contributed by atoms with van der Waals surface area (Å²) in [5.41, 5.74) is 5.55. The normalized spacial score (nSPS) is 18.4. The molecule has 8 nitrogen and oxygen atoms in total. The minimum Gasteiger partial charge on any atom is -0.465 e. The van der Waals surface area contributed by atoms with E-state index in [4.69, 9.17) is 5.73 Å². The summed E-state index contributed by atoms with van der Waals surface area (Å²) in [6, 6.07) is 3.38. The third kappa shape index (κ3) is 3.28. The minimum absolute atomic E-state index is 0.0345. The summed E-state index contributed by atoms with van der Waals surface area (Å²) in [5.74, 6) is -1.49. The Morgan fingerprint density at radius 1 is 1.25 bits per heavy atom. The number of methoxy groups -OCH3 is 2. The van der Waals surface area contributed by atoms with Crippen LogP contribution in [0.15, 0.2) is 23.1 Å². The van der Waals surface area contributed by atoms with Crippen molar-refractivity contribution in [1.29, 1.82) is 0 Å². The second-order valence-corrected chi connectivity index (χ2v) is 7.20. The van der Waals surface area contributed by atoms with Crippen molar-refractivity contribution in [1.82, 2.24) is 4.31 Å². The maximum absolute atomic E-state index is 13.0. The highest BCUT2D eigenvalue weighted by molar-refractivity contribution is 7.89. The van der Waals surface area contributed by atoms with Gasteiger partial charge >= 0.3 is 11.9 Å². The standard InChI is InChI=1S/C15H20N2O6S/c1-22-14(18)10-5-6-12(15(19)23-2)13(8-10)24(20,21)17-7-3-4-11(17)9-16/h5-6,8,11H,3-4,7,9,16H2,1-2H3. The molecule has 1 atom stereocenters. The molecule has 1 heterocycles. The Balaban J connectivity index is 2.60. The van der Waals surface area contributed by atoms with Crippen LogP contribution in [0.1, 0.15) is 33.6 Å². The van der Waals surface area contributed by atoms with Crippen LogP contribution in [-0.4, -0.2) is 58.0 Å². The molecular formula is C15H20N2O6S. The Labute approximate surface area is 140 Å². The van der Waals surface area contributed by atoms with Crippen molar-refractivity contribution in [2.24, 2.45) is 5.73 Å². The van der Waals surface area contributed by atoms with Crippen molar-refractivity contribution < 1.29 is 27.5 Å². The Morgan fingerprint density at radius 2 is 1.92 bits per heavy atom. The van der Waals surface area contributed by atoms with E-state index >= 15 is 0 Å². The van der Waals surface area contributed by atoms with Crippen molar-refractivity contribution in [3.8, 4) is 0 Å². The Morgan fingerprint density at radius 3 is 2.50 bits per heavy atom. The number of nitrogens with zero attached hydrogens (tertiary/aromatic N) is 1. The lowest BCUT2D eigenvalue weighted by molar-refractivity contribution is 0.0583. The summed E-state index contributed by atoms with van der Waals surface area (Å²) >= 11 is 0. The van der Waals surface area contributed by atoms with E-state index in [1.54, 1.807) is 0 Å². The quantitative estimate of drug-likeness (QED) is 0.758. The van der Waals surface area contributed by atoms with E-state index in [1.165, 1.54) is 23.5 Å². The van der Waals surface area contributed by atoms with E-state index in [9.17, 15) is 18.0 Å². The first-order valence-electron chi connectivity index (χ1n) is 7.39. The van der Waals surface area contributed by atoms with Crippen molar-refractivity contribution in [2.75, 3.05) is 27.3 Å². The second-order valence-electron chi connectivity index (χ2n) is 5.34. The Kier molecular flexibility index (Phi) is 5.58. The molecule has 24 heavy (non-hydrogen) atoms. The molecule has 0 bridgehead atoms. The van der Waals surface area contributed by atoms with Gasteiger partial charge in [0.25, 0.3) is 0 Å². The molecule has 0 amide bonds. The summed E-state index contributed by atoms with van der Waals surface area (Å²) < 4.78 is 36.6. The van der Waals surface area contributed by atoms with Gasteiger partial charge in [-0.1, -0.05) is 0 Å². The van der Waals surface area contributed by atoms with Crippen LogP contribution in [0.5, 0.6) is 0 Å². The molecule has 1 fully saturated rings. The largest absolute Gasteiger partial charge is 0.465 e. The van der Waals surface area contributed by atoms with Gasteiger partial charge in [-0.05, 0) is 31.0 Å². The average molecular weight is 356 g/mol. The van der Waals surface area contributed by atoms with Gasteiger partial charge in [-0.3, -0.25) is 0 Å². The van der Waals surface area contributed by atoms with Crippen LogP contribution in [0.3, 0.4) is 0 Å². The lowest BCUT2D eigenvalue weighted by atomic mass is 10.1. The van der Waals surface area contributed by atoms with Crippen LogP contribution in [0.25, 0.3) is 0 Å². The lowest BCUT2D eigenvalue weighted by Gasteiger charge is -2.24. The first-order chi connectivity index (χ1) is 11.4. The molecule has 0 aliphatic carbocycles. The number of hydrogen-bond donors (Lipinski definition) is 1. The number of carbonyl (C=O) groups excluding carboxylic acids is 2. The van der Waals surface area contributed by atoms with Crippen molar-refractivity contribution in [3.05, 3.63) is 29.3 Å². The molecule has 1 aromatic carbocycles. The van der Waals surface area contributed by atoms with Gasteiger partial charge in [-0.2, -0.15) is 4.31 Å². The fraction of sp³-hybridized carbons (Fsp3) is 0.467.